The Morgan fingerprint density at radius 2 is 2.08 bits per heavy atom. The molecule has 0 fully saturated rings. The summed E-state index contributed by atoms with van der Waals surface area (Å²) in [5, 5.41) is 13.7. The van der Waals surface area contributed by atoms with Gasteiger partial charge in [0.1, 0.15) is 10.8 Å². The molecule has 1 aliphatic rings. The summed E-state index contributed by atoms with van der Waals surface area (Å²) in [6.45, 7) is 0. The van der Waals surface area contributed by atoms with Gasteiger partial charge < -0.3 is 10.1 Å². The first-order valence-corrected chi connectivity index (χ1v) is 7.92. The monoisotopic (exact) mass is 408 g/mol. The van der Waals surface area contributed by atoms with Crippen LogP contribution in [-0.4, -0.2) is 17.9 Å². The Balaban J connectivity index is 2.10. The van der Waals surface area contributed by atoms with Crippen LogP contribution in [0.3, 0.4) is 0 Å². The highest BCUT2D eigenvalue weighted by Crippen LogP contribution is 2.40. The van der Waals surface area contributed by atoms with Gasteiger partial charge in [0.2, 0.25) is 0 Å². The lowest BCUT2D eigenvalue weighted by Crippen LogP contribution is -2.03. The predicted molar refractivity (Wildman–Crippen MR) is 95.3 cm³/mol. The number of nitrogens with zero attached hydrogens (tertiary/aromatic N) is 1. The predicted octanol–water partition coefficient (Wildman–Crippen LogP) is 4.51. The van der Waals surface area contributed by atoms with Gasteiger partial charge in [0.15, 0.2) is 0 Å². The van der Waals surface area contributed by atoms with E-state index in [1.807, 2.05) is 0 Å². The van der Waals surface area contributed by atoms with Crippen molar-refractivity contribution in [2.24, 2.45) is 0 Å². The number of nitrogens with one attached hydrogen (secondary N) is 1. The molecular weight excluding hydrogens is 400 g/mol. The fourth-order valence-corrected chi connectivity index (χ4v) is 3.21. The summed E-state index contributed by atoms with van der Waals surface area (Å²) < 4.78 is 5.90. The molecule has 1 amide bonds. The van der Waals surface area contributed by atoms with Gasteiger partial charge >= 0.3 is 0 Å². The van der Waals surface area contributed by atoms with E-state index in [1.54, 1.807) is 31.4 Å². The smallest absolute Gasteiger partial charge is 0.288 e. The minimum atomic E-state index is -0.576. The molecule has 24 heavy (non-hydrogen) atoms. The van der Waals surface area contributed by atoms with E-state index in [1.165, 1.54) is 12.1 Å². The minimum Gasteiger partial charge on any atom is -0.496 e. The second kappa shape index (κ2) is 6.26. The quantitative estimate of drug-likeness (QED) is 0.459. The van der Waals surface area contributed by atoms with E-state index in [2.05, 4.69) is 21.2 Å². The zero-order valence-electron chi connectivity index (χ0n) is 12.3. The number of fused-ring (bicyclic) bond motifs is 1. The number of halogens is 2. The lowest BCUT2D eigenvalue weighted by molar-refractivity contribution is -0.384. The van der Waals surface area contributed by atoms with Crippen molar-refractivity contribution in [2.45, 2.75) is 0 Å². The maximum absolute atomic E-state index is 12.2. The molecule has 0 radical (unpaired) electrons. The molecule has 1 heterocycles. The molecule has 3 rings (SSSR count). The first-order valence-electron chi connectivity index (χ1n) is 6.75. The van der Waals surface area contributed by atoms with Crippen LogP contribution in [-0.2, 0) is 4.79 Å². The number of methoxy groups -OCH3 is 1. The van der Waals surface area contributed by atoms with Gasteiger partial charge in [-0.15, -0.1) is 0 Å². The Labute approximate surface area is 150 Å². The lowest BCUT2D eigenvalue weighted by atomic mass is 10.0. The van der Waals surface area contributed by atoms with Gasteiger partial charge in [-0.2, -0.15) is 0 Å². The molecule has 0 atom stereocenters. The van der Waals surface area contributed by atoms with Gasteiger partial charge in [0.25, 0.3) is 11.6 Å². The van der Waals surface area contributed by atoms with Crippen molar-refractivity contribution in [1.82, 2.24) is 0 Å². The zero-order valence-corrected chi connectivity index (χ0v) is 14.6. The molecule has 0 saturated carbocycles. The van der Waals surface area contributed by atoms with Crippen LogP contribution < -0.4 is 10.1 Å². The van der Waals surface area contributed by atoms with Gasteiger partial charge in [-0.1, -0.05) is 17.7 Å². The Hall–Kier alpha value is -2.38. The van der Waals surface area contributed by atoms with Crippen LogP contribution in [0.4, 0.5) is 11.4 Å². The van der Waals surface area contributed by atoms with Crippen LogP contribution in [0, 0.1) is 10.1 Å². The van der Waals surface area contributed by atoms with Gasteiger partial charge in [0.05, 0.1) is 22.2 Å². The summed E-state index contributed by atoms with van der Waals surface area (Å²) >= 11 is 9.26. The van der Waals surface area contributed by atoms with Crippen molar-refractivity contribution < 1.29 is 14.5 Å². The van der Waals surface area contributed by atoms with E-state index in [-0.39, 0.29) is 16.6 Å². The Morgan fingerprint density at radius 3 is 2.71 bits per heavy atom. The molecule has 0 aromatic heterocycles. The fourth-order valence-electron chi connectivity index (χ4n) is 2.42. The van der Waals surface area contributed by atoms with E-state index in [0.29, 0.717) is 22.6 Å². The third-order valence-corrected chi connectivity index (χ3v) is 4.48. The minimum absolute atomic E-state index is 0.0208. The molecule has 0 saturated heterocycles. The Morgan fingerprint density at radius 1 is 1.33 bits per heavy atom. The van der Waals surface area contributed by atoms with Crippen molar-refractivity contribution in [2.75, 3.05) is 12.4 Å². The summed E-state index contributed by atoms with van der Waals surface area (Å²) in [5.41, 5.74) is 1.74. The number of nitro benzene ring substituents is 1. The van der Waals surface area contributed by atoms with Crippen LogP contribution in [0.15, 0.2) is 34.8 Å². The van der Waals surface area contributed by atoms with Crippen LogP contribution in [0.1, 0.15) is 11.1 Å². The average Bonchev–Trinajstić information content (AvgIpc) is 2.81. The Kier molecular flexibility index (Phi) is 4.29. The largest absolute Gasteiger partial charge is 0.496 e. The molecule has 122 valence electrons. The summed E-state index contributed by atoms with van der Waals surface area (Å²) in [4.78, 5) is 22.7. The number of hydrogen-bond donors (Lipinski definition) is 1. The van der Waals surface area contributed by atoms with Crippen LogP contribution >= 0.6 is 27.5 Å². The maximum Gasteiger partial charge on any atom is 0.288 e. The average molecular weight is 410 g/mol. The number of ether oxygens (including phenoxy) is 1. The van der Waals surface area contributed by atoms with Gasteiger partial charge in [-0.05, 0) is 45.8 Å². The van der Waals surface area contributed by atoms with E-state index in [0.717, 1.165) is 10.0 Å². The standard InChI is InChI=1S/C16H10BrClN2O4/c1-24-15-3-2-8(5-11(15)17)4-10-9-6-14(20(22)23)12(18)7-13(9)19-16(10)21/h2-7H,1H3,(H,19,21)/b10-4+. The topological polar surface area (TPSA) is 81.5 Å². The van der Waals surface area contributed by atoms with Gasteiger partial charge in [0, 0.05) is 17.2 Å². The highest BCUT2D eigenvalue weighted by molar-refractivity contribution is 9.10. The number of amides is 1. The number of hydrogen-bond acceptors (Lipinski definition) is 4. The third kappa shape index (κ3) is 2.88. The van der Waals surface area contributed by atoms with E-state index >= 15 is 0 Å². The lowest BCUT2D eigenvalue weighted by Gasteiger charge is -2.04. The summed E-state index contributed by atoms with van der Waals surface area (Å²) in [7, 11) is 1.56. The molecule has 8 heteroatoms. The van der Waals surface area contributed by atoms with Crippen molar-refractivity contribution in [3.8, 4) is 5.75 Å². The van der Waals surface area contributed by atoms with E-state index in [9.17, 15) is 14.9 Å². The van der Waals surface area contributed by atoms with Crippen molar-refractivity contribution in [3.05, 3.63) is 61.1 Å². The van der Waals surface area contributed by atoms with Crippen LogP contribution in [0.25, 0.3) is 11.6 Å². The zero-order chi connectivity index (χ0) is 17.4. The summed E-state index contributed by atoms with van der Waals surface area (Å²) in [5.74, 6) is 0.323. The first kappa shape index (κ1) is 16.5. The normalized spacial score (nSPS) is 14.5. The second-order valence-electron chi connectivity index (χ2n) is 5.01. The molecule has 1 aliphatic heterocycles. The molecule has 2 aromatic carbocycles. The molecule has 6 nitrogen and oxygen atoms in total. The maximum atomic E-state index is 12.2. The van der Waals surface area contributed by atoms with E-state index in [4.69, 9.17) is 16.3 Å². The van der Waals surface area contributed by atoms with Gasteiger partial charge in [-0.3, -0.25) is 14.9 Å². The second-order valence-corrected chi connectivity index (χ2v) is 6.27. The molecule has 0 aliphatic carbocycles. The molecule has 0 bridgehead atoms. The first-order chi connectivity index (χ1) is 11.4. The SMILES string of the molecule is COc1ccc(/C=C2/C(=O)Nc3cc(Cl)c([N+](=O)[O-])cc32)cc1Br. The highest BCUT2D eigenvalue weighted by atomic mass is 79.9. The van der Waals surface area contributed by atoms with Crippen LogP contribution in [0.5, 0.6) is 5.75 Å². The number of anilines is 1. The molecule has 1 N–H and O–H groups in total. The number of carbonyl (C=O) groups is 1. The summed E-state index contributed by atoms with van der Waals surface area (Å²) in [6.07, 6.45) is 1.66. The highest BCUT2D eigenvalue weighted by Gasteiger charge is 2.28. The third-order valence-electron chi connectivity index (χ3n) is 3.55. The van der Waals surface area contributed by atoms with Crippen molar-refractivity contribution in [3.63, 3.8) is 0 Å². The molecule has 2 aromatic rings. The fraction of sp³-hybridized carbons (Fsp3) is 0.0625. The molecular formula is C16H10BrClN2O4. The van der Waals surface area contributed by atoms with Crippen molar-refractivity contribution >= 4 is 56.5 Å². The number of nitro groups is 1. The van der Waals surface area contributed by atoms with E-state index < -0.39 is 4.92 Å². The Bertz CT molecular complexity index is 911. The van der Waals surface area contributed by atoms with Crippen molar-refractivity contribution in [1.29, 1.82) is 0 Å². The van der Waals surface area contributed by atoms with Crippen LogP contribution in [0.2, 0.25) is 5.02 Å². The van der Waals surface area contributed by atoms with Gasteiger partial charge in [-0.25, -0.2) is 0 Å². The molecule has 0 unspecified atom stereocenters. The number of carbonyl (C=O) groups excluding carboxylic acids is 1. The number of benzene rings is 2. The summed E-state index contributed by atoms with van der Waals surface area (Å²) in [6, 6.07) is 8.03. The molecule has 0 spiro atoms. The number of rotatable bonds is 3.